The lowest BCUT2D eigenvalue weighted by Gasteiger charge is -1.99. The molecular weight excluding hydrogens is 168 g/mol. The van der Waals surface area contributed by atoms with E-state index in [2.05, 4.69) is 11.3 Å². The van der Waals surface area contributed by atoms with Gasteiger partial charge in [0.15, 0.2) is 0 Å². The standard InChI is InChI=1S/C10H16O3/c1-3-6-9(11)7-4-5-8-10(12)13-2/h3-4,7,9,11H,1,5-6,8H2,2H3/b7-4+/t9-/m0/s1. The number of carbonyl (C=O) groups excluding carboxylic acids is 1. The predicted octanol–water partition coefficient (Wildman–Crippen LogP) is 1.43. The number of aliphatic hydroxyl groups is 1. The third-order valence-electron chi connectivity index (χ3n) is 1.51. The molecular formula is C10H16O3. The SMILES string of the molecule is C=CC[C@H](O)/C=C/CCC(=O)OC. The third-order valence-corrected chi connectivity index (χ3v) is 1.51. The van der Waals surface area contributed by atoms with Crippen molar-refractivity contribution in [1.82, 2.24) is 0 Å². The van der Waals surface area contributed by atoms with E-state index in [0.29, 0.717) is 19.3 Å². The first-order chi connectivity index (χ1) is 6.20. The normalized spacial score (nSPS) is 12.8. The van der Waals surface area contributed by atoms with E-state index in [1.165, 1.54) is 7.11 Å². The maximum Gasteiger partial charge on any atom is 0.305 e. The number of esters is 1. The Labute approximate surface area is 78.7 Å². The van der Waals surface area contributed by atoms with Crippen LogP contribution in [0.3, 0.4) is 0 Å². The van der Waals surface area contributed by atoms with Crippen molar-refractivity contribution in [2.24, 2.45) is 0 Å². The molecule has 0 heterocycles. The molecule has 1 N–H and O–H groups in total. The smallest absolute Gasteiger partial charge is 0.305 e. The third kappa shape index (κ3) is 7.28. The van der Waals surface area contributed by atoms with E-state index in [0.717, 1.165) is 0 Å². The lowest BCUT2D eigenvalue weighted by Crippen LogP contribution is -2.00. The van der Waals surface area contributed by atoms with E-state index in [1.54, 1.807) is 18.2 Å². The number of allylic oxidation sites excluding steroid dienone is 1. The molecule has 0 radical (unpaired) electrons. The van der Waals surface area contributed by atoms with Crippen molar-refractivity contribution in [3.05, 3.63) is 24.8 Å². The van der Waals surface area contributed by atoms with Gasteiger partial charge in [0.25, 0.3) is 0 Å². The molecule has 0 spiro atoms. The van der Waals surface area contributed by atoms with Gasteiger partial charge in [0.05, 0.1) is 13.2 Å². The molecule has 0 fully saturated rings. The Morgan fingerprint density at radius 2 is 2.38 bits per heavy atom. The van der Waals surface area contributed by atoms with E-state index in [4.69, 9.17) is 0 Å². The maximum atomic E-state index is 10.6. The van der Waals surface area contributed by atoms with Crippen molar-refractivity contribution in [3.63, 3.8) is 0 Å². The van der Waals surface area contributed by atoms with Gasteiger partial charge in [-0.15, -0.1) is 6.58 Å². The van der Waals surface area contributed by atoms with Gasteiger partial charge in [-0.05, 0) is 12.8 Å². The minimum atomic E-state index is -0.491. The Kier molecular flexibility index (Phi) is 6.92. The fraction of sp³-hybridized carbons (Fsp3) is 0.500. The van der Waals surface area contributed by atoms with Crippen LogP contribution >= 0.6 is 0 Å². The molecule has 0 aliphatic heterocycles. The molecule has 0 rings (SSSR count). The van der Waals surface area contributed by atoms with Crippen LogP contribution in [-0.2, 0) is 9.53 Å². The summed E-state index contributed by atoms with van der Waals surface area (Å²) in [6.07, 6.45) is 6.07. The topological polar surface area (TPSA) is 46.5 Å². The van der Waals surface area contributed by atoms with E-state index in [9.17, 15) is 9.90 Å². The van der Waals surface area contributed by atoms with E-state index in [1.807, 2.05) is 0 Å². The number of aliphatic hydroxyl groups excluding tert-OH is 1. The van der Waals surface area contributed by atoms with Gasteiger partial charge in [-0.1, -0.05) is 18.2 Å². The first-order valence-corrected chi connectivity index (χ1v) is 4.23. The van der Waals surface area contributed by atoms with Gasteiger partial charge in [0.1, 0.15) is 0 Å². The fourth-order valence-electron chi connectivity index (χ4n) is 0.806. The Morgan fingerprint density at radius 1 is 1.69 bits per heavy atom. The van der Waals surface area contributed by atoms with Crippen molar-refractivity contribution < 1.29 is 14.6 Å². The molecule has 13 heavy (non-hydrogen) atoms. The van der Waals surface area contributed by atoms with Crippen molar-refractivity contribution >= 4 is 5.97 Å². The van der Waals surface area contributed by atoms with Crippen LogP contribution < -0.4 is 0 Å². The summed E-state index contributed by atoms with van der Waals surface area (Å²) in [6, 6.07) is 0. The summed E-state index contributed by atoms with van der Waals surface area (Å²) in [5, 5.41) is 9.20. The molecule has 0 saturated heterocycles. The lowest BCUT2D eigenvalue weighted by molar-refractivity contribution is -0.140. The van der Waals surface area contributed by atoms with Crippen LogP contribution in [0.5, 0.6) is 0 Å². The van der Waals surface area contributed by atoms with Crippen LogP contribution in [0.15, 0.2) is 24.8 Å². The zero-order valence-corrected chi connectivity index (χ0v) is 7.90. The van der Waals surface area contributed by atoms with Crippen LogP contribution in [0.1, 0.15) is 19.3 Å². The Morgan fingerprint density at radius 3 is 2.92 bits per heavy atom. The quantitative estimate of drug-likeness (QED) is 0.502. The number of ether oxygens (including phenoxy) is 1. The molecule has 0 unspecified atom stereocenters. The Bertz CT molecular complexity index is 185. The summed E-state index contributed by atoms with van der Waals surface area (Å²) in [5.41, 5.74) is 0. The van der Waals surface area contributed by atoms with Gasteiger partial charge in [-0.2, -0.15) is 0 Å². The number of hydrogen-bond acceptors (Lipinski definition) is 3. The van der Waals surface area contributed by atoms with Crippen LogP contribution in [0.2, 0.25) is 0 Å². The predicted molar refractivity (Wildman–Crippen MR) is 51.2 cm³/mol. The van der Waals surface area contributed by atoms with Gasteiger partial charge in [0.2, 0.25) is 0 Å². The van der Waals surface area contributed by atoms with Gasteiger partial charge >= 0.3 is 5.97 Å². The number of rotatable bonds is 6. The van der Waals surface area contributed by atoms with E-state index >= 15 is 0 Å². The van der Waals surface area contributed by atoms with Gasteiger partial charge in [-0.25, -0.2) is 0 Å². The van der Waals surface area contributed by atoms with Gasteiger partial charge in [0, 0.05) is 6.42 Å². The molecule has 3 heteroatoms. The monoisotopic (exact) mass is 184 g/mol. The zero-order valence-electron chi connectivity index (χ0n) is 7.90. The fourth-order valence-corrected chi connectivity index (χ4v) is 0.806. The second-order valence-electron chi connectivity index (χ2n) is 2.63. The van der Waals surface area contributed by atoms with Crippen LogP contribution in [0.25, 0.3) is 0 Å². The minimum Gasteiger partial charge on any atom is -0.469 e. The van der Waals surface area contributed by atoms with Gasteiger partial charge < -0.3 is 9.84 Å². The molecule has 0 amide bonds. The molecule has 3 nitrogen and oxygen atoms in total. The van der Waals surface area contributed by atoms with E-state index in [-0.39, 0.29) is 5.97 Å². The van der Waals surface area contributed by atoms with E-state index < -0.39 is 6.10 Å². The maximum absolute atomic E-state index is 10.6. The average Bonchev–Trinajstić information content (AvgIpc) is 2.12. The number of carbonyl (C=O) groups is 1. The first kappa shape index (κ1) is 11.9. The van der Waals surface area contributed by atoms with Crippen molar-refractivity contribution in [2.75, 3.05) is 7.11 Å². The number of hydrogen-bond donors (Lipinski definition) is 1. The second kappa shape index (κ2) is 7.55. The summed E-state index contributed by atoms with van der Waals surface area (Å²) >= 11 is 0. The van der Waals surface area contributed by atoms with Crippen molar-refractivity contribution in [3.8, 4) is 0 Å². The molecule has 0 aromatic heterocycles. The van der Waals surface area contributed by atoms with Gasteiger partial charge in [-0.3, -0.25) is 4.79 Å². The number of methoxy groups -OCH3 is 1. The molecule has 0 saturated carbocycles. The lowest BCUT2D eigenvalue weighted by atomic mass is 10.2. The Hall–Kier alpha value is -1.09. The molecule has 0 aliphatic carbocycles. The highest BCUT2D eigenvalue weighted by atomic mass is 16.5. The van der Waals surface area contributed by atoms with Crippen molar-refractivity contribution in [1.29, 1.82) is 0 Å². The zero-order chi connectivity index (χ0) is 10.1. The minimum absolute atomic E-state index is 0.233. The van der Waals surface area contributed by atoms with Crippen LogP contribution in [0, 0.1) is 0 Å². The molecule has 0 aromatic rings. The summed E-state index contributed by atoms with van der Waals surface area (Å²) < 4.78 is 4.45. The van der Waals surface area contributed by atoms with Crippen LogP contribution in [-0.4, -0.2) is 24.3 Å². The molecule has 0 bridgehead atoms. The Balaban J connectivity index is 3.50. The largest absolute Gasteiger partial charge is 0.469 e. The summed E-state index contributed by atoms with van der Waals surface area (Å²) in [7, 11) is 1.36. The molecule has 1 atom stereocenters. The summed E-state index contributed by atoms with van der Waals surface area (Å²) in [6.45, 7) is 3.50. The molecule has 74 valence electrons. The molecule has 0 aromatic carbocycles. The second-order valence-corrected chi connectivity index (χ2v) is 2.63. The highest BCUT2D eigenvalue weighted by molar-refractivity contribution is 5.69. The highest BCUT2D eigenvalue weighted by Gasteiger charge is 1.97. The van der Waals surface area contributed by atoms with Crippen LogP contribution in [0.4, 0.5) is 0 Å². The molecule has 0 aliphatic rings. The summed E-state index contributed by atoms with van der Waals surface area (Å²) in [5.74, 6) is -0.233. The highest BCUT2D eigenvalue weighted by Crippen LogP contribution is 1.98. The average molecular weight is 184 g/mol. The summed E-state index contributed by atoms with van der Waals surface area (Å²) in [4.78, 5) is 10.6. The first-order valence-electron chi connectivity index (χ1n) is 4.23. The van der Waals surface area contributed by atoms with Crippen molar-refractivity contribution in [2.45, 2.75) is 25.4 Å².